The molecule has 2 rings (SSSR count). The van der Waals surface area contributed by atoms with Gasteiger partial charge in [0, 0.05) is 37.0 Å². The van der Waals surface area contributed by atoms with E-state index in [1.165, 1.54) is 0 Å². The van der Waals surface area contributed by atoms with Crippen molar-refractivity contribution in [2.75, 3.05) is 45.3 Å². The van der Waals surface area contributed by atoms with Gasteiger partial charge in [-0.25, -0.2) is 0 Å². The van der Waals surface area contributed by atoms with E-state index < -0.39 is 0 Å². The highest BCUT2D eigenvalue weighted by atomic mass is 127. The average molecular weight is 569 g/mol. The number of halogens is 2. The molecule has 1 aromatic carbocycles. The SMILES string of the molecule is CN=C(NCCCOCC1CCCO1)NCC(=O)Nc1cc(Br)ccc1C.I. The van der Waals surface area contributed by atoms with Crippen molar-refractivity contribution in [3.8, 4) is 0 Å². The molecule has 7 nitrogen and oxygen atoms in total. The van der Waals surface area contributed by atoms with Crippen LogP contribution in [0.15, 0.2) is 27.7 Å². The fourth-order valence-electron chi connectivity index (χ4n) is 2.68. The van der Waals surface area contributed by atoms with Crippen LogP contribution in [-0.4, -0.2) is 57.9 Å². The number of ether oxygens (including phenoxy) is 2. The molecule has 1 fully saturated rings. The first-order chi connectivity index (χ1) is 13.1. The van der Waals surface area contributed by atoms with E-state index in [1.54, 1.807) is 7.05 Å². The Labute approximate surface area is 192 Å². The second-order valence-electron chi connectivity index (χ2n) is 6.42. The Morgan fingerprint density at radius 1 is 1.39 bits per heavy atom. The maximum Gasteiger partial charge on any atom is 0.243 e. The predicted molar refractivity (Wildman–Crippen MR) is 127 cm³/mol. The third kappa shape index (κ3) is 9.53. The molecule has 1 unspecified atom stereocenters. The van der Waals surface area contributed by atoms with E-state index in [0.29, 0.717) is 19.2 Å². The molecule has 1 heterocycles. The highest BCUT2D eigenvalue weighted by Crippen LogP contribution is 2.20. The number of aliphatic imine (C=N–C) groups is 1. The normalized spacial score (nSPS) is 16.4. The van der Waals surface area contributed by atoms with Gasteiger partial charge in [-0.05, 0) is 43.9 Å². The highest BCUT2D eigenvalue weighted by Gasteiger charge is 2.14. The molecule has 1 amide bonds. The van der Waals surface area contributed by atoms with Gasteiger partial charge in [0.2, 0.25) is 5.91 Å². The van der Waals surface area contributed by atoms with Crippen LogP contribution in [-0.2, 0) is 14.3 Å². The van der Waals surface area contributed by atoms with E-state index in [4.69, 9.17) is 9.47 Å². The van der Waals surface area contributed by atoms with Gasteiger partial charge in [-0.3, -0.25) is 9.79 Å². The first-order valence-corrected chi connectivity index (χ1v) is 10.1. The third-order valence-corrected chi connectivity index (χ3v) is 4.69. The Kier molecular flexibility index (Phi) is 12.7. The van der Waals surface area contributed by atoms with Gasteiger partial charge >= 0.3 is 0 Å². The fraction of sp³-hybridized carbons (Fsp3) is 0.579. The number of aryl methyl sites for hydroxylation is 1. The van der Waals surface area contributed by atoms with Crippen molar-refractivity contribution in [3.05, 3.63) is 28.2 Å². The van der Waals surface area contributed by atoms with E-state index in [-0.39, 0.29) is 42.5 Å². The summed E-state index contributed by atoms with van der Waals surface area (Å²) < 4.78 is 12.1. The summed E-state index contributed by atoms with van der Waals surface area (Å²) >= 11 is 3.41. The molecule has 1 saturated heterocycles. The topological polar surface area (TPSA) is 84.0 Å². The van der Waals surface area contributed by atoms with Gasteiger partial charge in [-0.2, -0.15) is 0 Å². The maximum absolute atomic E-state index is 12.1. The molecule has 1 aromatic rings. The molecule has 0 aromatic heterocycles. The van der Waals surface area contributed by atoms with Crippen molar-refractivity contribution < 1.29 is 14.3 Å². The van der Waals surface area contributed by atoms with Crippen molar-refractivity contribution >= 4 is 57.5 Å². The van der Waals surface area contributed by atoms with Gasteiger partial charge in [-0.15, -0.1) is 24.0 Å². The Balaban J connectivity index is 0.00000392. The maximum atomic E-state index is 12.1. The Hall–Kier alpha value is -0.910. The molecule has 0 radical (unpaired) electrons. The molecule has 0 bridgehead atoms. The molecule has 1 aliphatic heterocycles. The lowest BCUT2D eigenvalue weighted by atomic mass is 10.2. The fourth-order valence-corrected chi connectivity index (χ4v) is 3.04. The number of amides is 1. The molecule has 28 heavy (non-hydrogen) atoms. The Morgan fingerprint density at radius 2 is 2.21 bits per heavy atom. The highest BCUT2D eigenvalue weighted by molar-refractivity contribution is 14.0. The second-order valence-corrected chi connectivity index (χ2v) is 7.34. The molecule has 9 heteroatoms. The summed E-state index contributed by atoms with van der Waals surface area (Å²) in [5, 5.41) is 9.09. The predicted octanol–water partition coefficient (Wildman–Crippen LogP) is 3.06. The smallest absolute Gasteiger partial charge is 0.243 e. The van der Waals surface area contributed by atoms with Crippen LogP contribution in [0.1, 0.15) is 24.8 Å². The van der Waals surface area contributed by atoms with Crippen LogP contribution in [0.3, 0.4) is 0 Å². The van der Waals surface area contributed by atoms with Gasteiger partial charge < -0.3 is 25.4 Å². The minimum absolute atomic E-state index is 0. The van der Waals surface area contributed by atoms with Crippen molar-refractivity contribution in [1.82, 2.24) is 10.6 Å². The molecule has 0 spiro atoms. The quantitative estimate of drug-likeness (QED) is 0.185. The lowest BCUT2D eigenvalue weighted by molar-refractivity contribution is -0.115. The molecule has 158 valence electrons. The first kappa shape index (κ1) is 25.1. The van der Waals surface area contributed by atoms with Crippen molar-refractivity contribution in [3.63, 3.8) is 0 Å². The van der Waals surface area contributed by atoms with Crippen molar-refractivity contribution in [2.24, 2.45) is 4.99 Å². The summed E-state index contributed by atoms with van der Waals surface area (Å²) in [5.41, 5.74) is 1.81. The molecule has 1 atom stereocenters. The number of benzene rings is 1. The van der Waals surface area contributed by atoms with Crippen LogP contribution in [0.5, 0.6) is 0 Å². The molecule has 0 aliphatic carbocycles. The standard InChI is InChI=1S/C19H29BrN4O3.HI/c1-14-6-7-15(20)11-17(14)24-18(25)12-23-19(21-2)22-8-4-9-26-13-16-5-3-10-27-16;/h6-7,11,16H,3-5,8-10,12-13H2,1-2H3,(H,24,25)(H2,21,22,23);1H. The number of anilines is 1. The van der Waals surface area contributed by atoms with Crippen LogP contribution in [0, 0.1) is 6.92 Å². The van der Waals surface area contributed by atoms with Gasteiger partial charge in [0.25, 0.3) is 0 Å². The number of hydrogen-bond acceptors (Lipinski definition) is 4. The number of rotatable bonds is 9. The lowest BCUT2D eigenvalue weighted by Gasteiger charge is -2.13. The number of carbonyl (C=O) groups excluding carboxylic acids is 1. The van der Waals surface area contributed by atoms with Crippen LogP contribution in [0.2, 0.25) is 0 Å². The first-order valence-electron chi connectivity index (χ1n) is 9.28. The monoisotopic (exact) mass is 568 g/mol. The molecule has 1 aliphatic rings. The Morgan fingerprint density at radius 3 is 2.93 bits per heavy atom. The van der Waals surface area contributed by atoms with Gasteiger partial charge in [-0.1, -0.05) is 22.0 Å². The average Bonchev–Trinajstić information content (AvgIpc) is 3.17. The number of guanidine groups is 1. The lowest BCUT2D eigenvalue weighted by Crippen LogP contribution is -2.42. The van der Waals surface area contributed by atoms with Crippen molar-refractivity contribution in [1.29, 1.82) is 0 Å². The van der Waals surface area contributed by atoms with Crippen LogP contribution in [0.25, 0.3) is 0 Å². The van der Waals surface area contributed by atoms with Crippen LogP contribution >= 0.6 is 39.9 Å². The van der Waals surface area contributed by atoms with Crippen LogP contribution < -0.4 is 16.0 Å². The molecule has 0 saturated carbocycles. The summed E-state index contributed by atoms with van der Waals surface area (Å²) in [7, 11) is 1.68. The van der Waals surface area contributed by atoms with Gasteiger partial charge in [0.1, 0.15) is 0 Å². The number of nitrogens with zero attached hydrogens (tertiary/aromatic N) is 1. The van der Waals surface area contributed by atoms with Gasteiger partial charge in [0.05, 0.1) is 19.3 Å². The van der Waals surface area contributed by atoms with E-state index in [9.17, 15) is 4.79 Å². The van der Waals surface area contributed by atoms with E-state index >= 15 is 0 Å². The third-order valence-electron chi connectivity index (χ3n) is 4.20. The van der Waals surface area contributed by atoms with E-state index in [2.05, 4.69) is 36.9 Å². The number of hydrogen-bond donors (Lipinski definition) is 3. The minimum Gasteiger partial charge on any atom is -0.379 e. The molecule has 3 N–H and O–H groups in total. The summed E-state index contributed by atoms with van der Waals surface area (Å²) in [4.78, 5) is 16.3. The zero-order chi connectivity index (χ0) is 19.5. The number of carbonyl (C=O) groups is 1. The van der Waals surface area contributed by atoms with Crippen molar-refractivity contribution in [2.45, 2.75) is 32.3 Å². The summed E-state index contributed by atoms with van der Waals surface area (Å²) in [6, 6.07) is 5.78. The summed E-state index contributed by atoms with van der Waals surface area (Å²) in [6.45, 7) is 5.01. The summed E-state index contributed by atoms with van der Waals surface area (Å²) in [6.07, 6.45) is 3.35. The van der Waals surface area contributed by atoms with Crippen LogP contribution in [0.4, 0.5) is 5.69 Å². The zero-order valence-corrected chi connectivity index (χ0v) is 20.3. The second kappa shape index (κ2) is 14.1. The minimum atomic E-state index is -0.126. The van der Waals surface area contributed by atoms with E-state index in [1.807, 2.05) is 25.1 Å². The molecular formula is C19H30BrIN4O3. The molecular weight excluding hydrogens is 539 g/mol. The van der Waals surface area contributed by atoms with E-state index in [0.717, 1.165) is 48.1 Å². The van der Waals surface area contributed by atoms with Gasteiger partial charge in [0.15, 0.2) is 5.96 Å². The number of nitrogens with one attached hydrogen (secondary N) is 3. The largest absolute Gasteiger partial charge is 0.379 e. The Bertz CT molecular complexity index is 640. The summed E-state index contributed by atoms with van der Waals surface area (Å²) in [5.74, 6) is 0.467. The zero-order valence-electron chi connectivity index (χ0n) is 16.4.